The van der Waals surface area contributed by atoms with E-state index in [9.17, 15) is 4.79 Å². The molecule has 2 aliphatic rings. The Hall–Kier alpha value is -1.96. The molecule has 2 aromatic heterocycles. The van der Waals surface area contributed by atoms with Gasteiger partial charge in [-0.05, 0) is 32.9 Å². The van der Waals surface area contributed by atoms with E-state index in [0.29, 0.717) is 13.1 Å². The topological polar surface area (TPSA) is 53.3 Å². The van der Waals surface area contributed by atoms with Crippen molar-refractivity contribution in [1.82, 2.24) is 24.1 Å². The first-order chi connectivity index (χ1) is 13.5. The molecular weight excluding hydrogens is 354 g/mol. The Balaban J connectivity index is 1.30. The first kappa shape index (κ1) is 19.4. The predicted molar refractivity (Wildman–Crippen MR) is 108 cm³/mol. The third kappa shape index (κ3) is 4.21. The third-order valence-corrected chi connectivity index (χ3v) is 5.84. The molecule has 1 amide bonds. The van der Waals surface area contributed by atoms with E-state index in [1.165, 1.54) is 0 Å². The minimum atomic E-state index is -0.0742. The number of amides is 1. The van der Waals surface area contributed by atoms with Gasteiger partial charge >= 0.3 is 0 Å². The van der Waals surface area contributed by atoms with Crippen LogP contribution in [-0.2, 0) is 16.1 Å². The van der Waals surface area contributed by atoms with Crippen molar-refractivity contribution >= 4 is 11.6 Å². The molecule has 7 heteroatoms. The lowest BCUT2D eigenvalue weighted by Gasteiger charge is -2.41. The molecule has 152 valence electrons. The van der Waals surface area contributed by atoms with Gasteiger partial charge in [0.2, 0.25) is 5.91 Å². The number of pyridine rings is 1. The maximum Gasteiger partial charge on any atom is 0.239 e. The standard InChI is InChI=1S/C21H31N5O2/c1-16-12-26(13-17(2)28-16)21(27)18(3)24-10-8-23(9-11-24)14-19-15-25-7-5-4-6-20(25)22-19/h4-7,15-18H,8-14H2,1-3H3/t16-,17+,18-/m0/s1. The lowest BCUT2D eigenvalue weighted by Crippen LogP contribution is -2.57. The molecule has 0 aliphatic carbocycles. The first-order valence-electron chi connectivity index (χ1n) is 10.3. The van der Waals surface area contributed by atoms with Gasteiger partial charge in [-0.1, -0.05) is 6.07 Å². The molecule has 7 nitrogen and oxygen atoms in total. The average molecular weight is 386 g/mol. The maximum absolute atomic E-state index is 13.0. The van der Waals surface area contributed by atoms with Crippen LogP contribution in [0.2, 0.25) is 0 Å². The molecule has 0 spiro atoms. The summed E-state index contributed by atoms with van der Waals surface area (Å²) in [4.78, 5) is 24.4. The Morgan fingerprint density at radius 2 is 1.89 bits per heavy atom. The van der Waals surface area contributed by atoms with Crippen LogP contribution >= 0.6 is 0 Å². The second kappa shape index (κ2) is 8.19. The van der Waals surface area contributed by atoms with Gasteiger partial charge in [0.05, 0.1) is 23.9 Å². The van der Waals surface area contributed by atoms with Crippen molar-refractivity contribution in [1.29, 1.82) is 0 Å². The molecule has 0 aromatic carbocycles. The van der Waals surface area contributed by atoms with Crippen LogP contribution < -0.4 is 0 Å². The van der Waals surface area contributed by atoms with Gasteiger partial charge in [0.1, 0.15) is 5.65 Å². The third-order valence-electron chi connectivity index (χ3n) is 5.84. The van der Waals surface area contributed by atoms with Crippen molar-refractivity contribution in [3.8, 4) is 0 Å². The molecule has 0 bridgehead atoms. The van der Waals surface area contributed by atoms with Crippen LogP contribution in [0.4, 0.5) is 0 Å². The summed E-state index contributed by atoms with van der Waals surface area (Å²) in [6.45, 7) is 12.1. The van der Waals surface area contributed by atoms with Crippen molar-refractivity contribution in [3.05, 3.63) is 36.3 Å². The van der Waals surface area contributed by atoms with Gasteiger partial charge in [0, 0.05) is 58.2 Å². The Bertz CT molecular complexity index is 771. The lowest BCUT2D eigenvalue weighted by molar-refractivity contribution is -0.148. The molecule has 0 saturated carbocycles. The second-order valence-corrected chi connectivity index (χ2v) is 8.19. The zero-order valence-corrected chi connectivity index (χ0v) is 17.1. The van der Waals surface area contributed by atoms with Crippen LogP contribution in [0, 0.1) is 0 Å². The SMILES string of the molecule is C[C@@H]1CN(C(=O)[C@H](C)N2CCN(Cc3cn4ccccc4n3)CC2)C[C@H](C)O1. The number of ether oxygens (including phenoxy) is 1. The number of fused-ring (bicyclic) bond motifs is 1. The van der Waals surface area contributed by atoms with Crippen molar-refractivity contribution < 1.29 is 9.53 Å². The summed E-state index contributed by atoms with van der Waals surface area (Å²) in [7, 11) is 0. The van der Waals surface area contributed by atoms with E-state index in [-0.39, 0.29) is 24.2 Å². The molecule has 4 heterocycles. The van der Waals surface area contributed by atoms with Crippen molar-refractivity contribution in [2.24, 2.45) is 0 Å². The maximum atomic E-state index is 13.0. The molecule has 3 atom stereocenters. The molecular formula is C21H31N5O2. The molecule has 2 saturated heterocycles. The highest BCUT2D eigenvalue weighted by Gasteiger charge is 2.32. The van der Waals surface area contributed by atoms with Crippen LogP contribution in [0.5, 0.6) is 0 Å². The van der Waals surface area contributed by atoms with Gasteiger partial charge in [0.15, 0.2) is 0 Å². The summed E-state index contributed by atoms with van der Waals surface area (Å²) >= 11 is 0. The first-order valence-corrected chi connectivity index (χ1v) is 10.3. The number of hydrogen-bond donors (Lipinski definition) is 0. The van der Waals surface area contributed by atoms with E-state index >= 15 is 0 Å². The fraction of sp³-hybridized carbons (Fsp3) is 0.619. The number of nitrogens with zero attached hydrogens (tertiary/aromatic N) is 5. The summed E-state index contributed by atoms with van der Waals surface area (Å²) < 4.78 is 7.83. The van der Waals surface area contributed by atoms with Gasteiger partial charge in [-0.15, -0.1) is 0 Å². The highest BCUT2D eigenvalue weighted by molar-refractivity contribution is 5.81. The molecule has 4 rings (SSSR count). The lowest BCUT2D eigenvalue weighted by atomic mass is 10.1. The van der Waals surface area contributed by atoms with Gasteiger partial charge in [-0.3, -0.25) is 14.6 Å². The van der Waals surface area contributed by atoms with Crippen LogP contribution in [0.15, 0.2) is 30.6 Å². The second-order valence-electron chi connectivity index (χ2n) is 8.19. The highest BCUT2D eigenvalue weighted by atomic mass is 16.5. The molecule has 0 unspecified atom stereocenters. The van der Waals surface area contributed by atoms with E-state index in [0.717, 1.165) is 44.1 Å². The van der Waals surface area contributed by atoms with Crippen LogP contribution in [0.25, 0.3) is 5.65 Å². The molecule has 0 radical (unpaired) electrons. The number of carbonyl (C=O) groups excluding carboxylic acids is 1. The van der Waals surface area contributed by atoms with E-state index in [2.05, 4.69) is 20.4 Å². The Morgan fingerprint density at radius 3 is 2.57 bits per heavy atom. The summed E-state index contributed by atoms with van der Waals surface area (Å²) in [5, 5.41) is 0. The average Bonchev–Trinajstić information content (AvgIpc) is 3.09. The molecule has 0 N–H and O–H groups in total. The Kier molecular flexibility index (Phi) is 5.66. The fourth-order valence-corrected chi connectivity index (χ4v) is 4.38. The fourth-order valence-electron chi connectivity index (χ4n) is 4.38. The number of carbonyl (C=O) groups is 1. The van der Waals surface area contributed by atoms with Crippen molar-refractivity contribution in [2.75, 3.05) is 39.3 Å². The minimum Gasteiger partial charge on any atom is -0.372 e. The number of morpholine rings is 1. The summed E-state index contributed by atoms with van der Waals surface area (Å²) in [6, 6.07) is 5.99. The van der Waals surface area contributed by atoms with Crippen molar-refractivity contribution in [2.45, 2.75) is 45.6 Å². The number of imidazole rings is 1. The zero-order valence-electron chi connectivity index (χ0n) is 17.1. The van der Waals surface area contributed by atoms with Gasteiger partial charge in [-0.2, -0.15) is 0 Å². The molecule has 2 aliphatic heterocycles. The normalized spacial score (nSPS) is 25.9. The Labute approximate surface area is 166 Å². The summed E-state index contributed by atoms with van der Waals surface area (Å²) in [6.07, 6.45) is 4.36. The van der Waals surface area contributed by atoms with Crippen LogP contribution in [-0.4, -0.2) is 87.5 Å². The summed E-state index contributed by atoms with van der Waals surface area (Å²) in [5.74, 6) is 0.232. The number of piperazine rings is 1. The zero-order chi connectivity index (χ0) is 19.7. The number of hydrogen-bond acceptors (Lipinski definition) is 5. The predicted octanol–water partition coefficient (Wildman–Crippen LogP) is 1.48. The van der Waals surface area contributed by atoms with Gasteiger partial charge in [-0.25, -0.2) is 4.98 Å². The van der Waals surface area contributed by atoms with Gasteiger partial charge < -0.3 is 14.0 Å². The largest absolute Gasteiger partial charge is 0.372 e. The molecule has 28 heavy (non-hydrogen) atoms. The number of rotatable bonds is 4. The molecule has 2 aromatic rings. The smallest absolute Gasteiger partial charge is 0.239 e. The number of aromatic nitrogens is 2. The molecule has 2 fully saturated rings. The monoisotopic (exact) mass is 385 g/mol. The summed E-state index contributed by atoms with van der Waals surface area (Å²) in [5.41, 5.74) is 2.09. The van der Waals surface area contributed by atoms with E-state index in [4.69, 9.17) is 9.72 Å². The minimum absolute atomic E-state index is 0.0742. The van der Waals surface area contributed by atoms with Crippen molar-refractivity contribution in [3.63, 3.8) is 0 Å². The van der Waals surface area contributed by atoms with Gasteiger partial charge in [0.25, 0.3) is 0 Å². The highest BCUT2D eigenvalue weighted by Crippen LogP contribution is 2.16. The Morgan fingerprint density at radius 1 is 1.18 bits per heavy atom. The van der Waals surface area contributed by atoms with E-state index < -0.39 is 0 Å². The van der Waals surface area contributed by atoms with Crippen LogP contribution in [0.1, 0.15) is 26.5 Å². The quantitative estimate of drug-likeness (QED) is 0.798. The van der Waals surface area contributed by atoms with Crippen LogP contribution in [0.3, 0.4) is 0 Å². The van der Waals surface area contributed by atoms with E-state index in [1.54, 1.807) is 0 Å². The van der Waals surface area contributed by atoms with E-state index in [1.807, 2.05) is 50.1 Å².